The van der Waals surface area contributed by atoms with Crippen LogP contribution in [0, 0.1) is 0 Å². The van der Waals surface area contributed by atoms with Gasteiger partial charge in [-0.15, -0.1) is 0 Å². The van der Waals surface area contributed by atoms with E-state index in [1.54, 1.807) is 24.3 Å². The zero-order valence-corrected chi connectivity index (χ0v) is 14.0. The van der Waals surface area contributed by atoms with Gasteiger partial charge in [-0.3, -0.25) is 9.59 Å². The number of imide groups is 1. The minimum absolute atomic E-state index is 0.178. The highest BCUT2D eigenvalue weighted by Crippen LogP contribution is 2.24. The molecule has 0 radical (unpaired) electrons. The average molecular weight is 343 g/mol. The second-order valence-corrected chi connectivity index (χ2v) is 6.28. The molecule has 1 aliphatic rings. The number of nitrogens with zero attached hydrogens (tertiary/aromatic N) is 1. The lowest BCUT2D eigenvalue weighted by Crippen LogP contribution is -2.39. The third kappa shape index (κ3) is 3.83. The lowest BCUT2D eigenvalue weighted by Gasteiger charge is -2.15. The Kier molecular flexibility index (Phi) is 5.28. The Morgan fingerprint density at radius 2 is 1.75 bits per heavy atom. The molecule has 1 heterocycles. The highest BCUT2D eigenvalue weighted by molar-refractivity contribution is 6.30. The molecule has 3 rings (SSSR count). The van der Waals surface area contributed by atoms with Crippen molar-refractivity contribution in [2.75, 3.05) is 11.4 Å². The molecular weight excluding hydrogens is 324 g/mol. The Morgan fingerprint density at radius 3 is 2.46 bits per heavy atom. The summed E-state index contributed by atoms with van der Waals surface area (Å²) in [7, 11) is 0. The Morgan fingerprint density at radius 1 is 1.04 bits per heavy atom. The van der Waals surface area contributed by atoms with E-state index in [1.165, 1.54) is 10.5 Å². The van der Waals surface area contributed by atoms with E-state index in [0.29, 0.717) is 17.3 Å². The van der Waals surface area contributed by atoms with Crippen molar-refractivity contribution in [2.45, 2.75) is 25.3 Å². The highest BCUT2D eigenvalue weighted by atomic mass is 35.5. The molecule has 24 heavy (non-hydrogen) atoms. The number of rotatable bonds is 6. The maximum atomic E-state index is 12.5. The van der Waals surface area contributed by atoms with E-state index in [2.05, 4.69) is 17.4 Å². The molecule has 5 heteroatoms. The van der Waals surface area contributed by atoms with Crippen LogP contribution in [0.3, 0.4) is 0 Å². The minimum atomic E-state index is -0.441. The summed E-state index contributed by atoms with van der Waals surface area (Å²) in [6, 6.07) is 16.5. The Hall–Kier alpha value is -2.17. The molecular formula is C19H19ClN2O2. The fraction of sp³-hybridized carbons (Fsp3) is 0.263. The van der Waals surface area contributed by atoms with Gasteiger partial charge in [-0.25, -0.2) is 4.90 Å². The van der Waals surface area contributed by atoms with Gasteiger partial charge in [0.1, 0.15) is 0 Å². The predicted molar refractivity (Wildman–Crippen MR) is 95.1 cm³/mol. The van der Waals surface area contributed by atoms with Gasteiger partial charge >= 0.3 is 0 Å². The largest absolute Gasteiger partial charge is 0.305 e. The summed E-state index contributed by atoms with van der Waals surface area (Å²) in [6.07, 6.45) is 2.07. The lowest BCUT2D eigenvalue weighted by molar-refractivity contribution is -0.121. The highest BCUT2D eigenvalue weighted by Gasteiger charge is 2.38. The first-order chi connectivity index (χ1) is 11.6. The lowest BCUT2D eigenvalue weighted by atomic mass is 10.1. The summed E-state index contributed by atoms with van der Waals surface area (Å²) in [5.41, 5.74) is 1.85. The normalized spacial score (nSPS) is 17.5. The first-order valence-electron chi connectivity index (χ1n) is 8.05. The second kappa shape index (κ2) is 7.60. The van der Waals surface area contributed by atoms with Gasteiger partial charge in [-0.05, 0) is 49.2 Å². The number of carbonyl (C=O) groups is 2. The molecule has 1 saturated heterocycles. The van der Waals surface area contributed by atoms with E-state index >= 15 is 0 Å². The first-order valence-corrected chi connectivity index (χ1v) is 8.42. The Labute approximate surface area is 146 Å². The molecule has 2 amide bonds. The fourth-order valence-electron chi connectivity index (χ4n) is 2.87. The van der Waals surface area contributed by atoms with Gasteiger partial charge in [-0.1, -0.05) is 41.9 Å². The molecule has 0 aromatic heterocycles. The number of amides is 2. The number of halogens is 1. The summed E-state index contributed by atoms with van der Waals surface area (Å²) in [6.45, 7) is 0.701. The van der Waals surface area contributed by atoms with Gasteiger partial charge in [0.25, 0.3) is 5.91 Å². The van der Waals surface area contributed by atoms with Gasteiger partial charge in [0.15, 0.2) is 0 Å². The van der Waals surface area contributed by atoms with Crippen LogP contribution >= 0.6 is 11.6 Å². The molecule has 0 saturated carbocycles. The molecule has 4 nitrogen and oxygen atoms in total. The smallest absolute Gasteiger partial charge is 0.251 e. The van der Waals surface area contributed by atoms with Crippen molar-refractivity contribution in [3.63, 3.8) is 0 Å². The van der Waals surface area contributed by atoms with E-state index < -0.39 is 6.04 Å². The molecule has 2 aromatic rings. The van der Waals surface area contributed by atoms with Crippen LogP contribution in [-0.2, 0) is 16.0 Å². The molecule has 1 N–H and O–H groups in total. The molecule has 1 fully saturated rings. The molecule has 1 unspecified atom stereocenters. The zero-order chi connectivity index (χ0) is 16.9. The Bertz CT molecular complexity index is 716. The third-order valence-electron chi connectivity index (χ3n) is 4.11. The van der Waals surface area contributed by atoms with E-state index in [9.17, 15) is 9.59 Å². The van der Waals surface area contributed by atoms with Crippen molar-refractivity contribution in [3.8, 4) is 0 Å². The van der Waals surface area contributed by atoms with Crippen LogP contribution in [0.5, 0.6) is 0 Å². The maximum Gasteiger partial charge on any atom is 0.251 e. The molecule has 0 spiro atoms. The van der Waals surface area contributed by atoms with Gasteiger partial charge in [0, 0.05) is 5.02 Å². The third-order valence-corrected chi connectivity index (χ3v) is 4.36. The fourth-order valence-corrected chi connectivity index (χ4v) is 2.99. The molecule has 2 aromatic carbocycles. The second-order valence-electron chi connectivity index (χ2n) is 5.84. The molecule has 1 atom stereocenters. The van der Waals surface area contributed by atoms with Crippen LogP contribution in [0.4, 0.5) is 5.69 Å². The monoisotopic (exact) mass is 342 g/mol. The quantitative estimate of drug-likeness (QED) is 0.648. The Balaban J connectivity index is 1.53. The van der Waals surface area contributed by atoms with Crippen molar-refractivity contribution in [1.82, 2.24) is 5.32 Å². The van der Waals surface area contributed by atoms with Crippen LogP contribution in [0.2, 0.25) is 5.02 Å². The topological polar surface area (TPSA) is 49.4 Å². The van der Waals surface area contributed by atoms with Crippen molar-refractivity contribution >= 4 is 29.1 Å². The standard InChI is InChI=1S/C19H19ClN2O2/c20-15-8-10-16(11-9-15)22-18(23)13-17(19(22)24)21-12-4-7-14-5-2-1-3-6-14/h1-3,5-6,8-11,17,21H,4,7,12-13H2. The van der Waals surface area contributed by atoms with Gasteiger partial charge < -0.3 is 5.32 Å². The summed E-state index contributed by atoms with van der Waals surface area (Å²) in [5, 5.41) is 3.78. The van der Waals surface area contributed by atoms with E-state index in [0.717, 1.165) is 12.8 Å². The van der Waals surface area contributed by atoms with Crippen LogP contribution < -0.4 is 10.2 Å². The maximum absolute atomic E-state index is 12.5. The van der Waals surface area contributed by atoms with Crippen LogP contribution in [0.25, 0.3) is 0 Å². The minimum Gasteiger partial charge on any atom is -0.305 e. The van der Waals surface area contributed by atoms with Crippen LogP contribution in [0.1, 0.15) is 18.4 Å². The van der Waals surface area contributed by atoms with Crippen molar-refractivity contribution in [3.05, 3.63) is 65.2 Å². The van der Waals surface area contributed by atoms with Gasteiger partial charge in [0.05, 0.1) is 18.2 Å². The van der Waals surface area contributed by atoms with Crippen LogP contribution in [0.15, 0.2) is 54.6 Å². The van der Waals surface area contributed by atoms with Gasteiger partial charge in [0.2, 0.25) is 5.91 Å². The number of aryl methyl sites for hydroxylation is 1. The van der Waals surface area contributed by atoms with E-state index in [-0.39, 0.29) is 18.2 Å². The number of carbonyl (C=O) groups excluding carboxylic acids is 2. The van der Waals surface area contributed by atoms with Gasteiger partial charge in [-0.2, -0.15) is 0 Å². The number of hydrogen-bond acceptors (Lipinski definition) is 3. The van der Waals surface area contributed by atoms with Crippen molar-refractivity contribution in [2.24, 2.45) is 0 Å². The van der Waals surface area contributed by atoms with Crippen molar-refractivity contribution in [1.29, 1.82) is 0 Å². The summed E-state index contributed by atoms with van der Waals surface area (Å²) < 4.78 is 0. The van der Waals surface area contributed by atoms with Crippen molar-refractivity contribution < 1.29 is 9.59 Å². The molecule has 0 bridgehead atoms. The predicted octanol–water partition coefficient (Wildman–Crippen LogP) is 3.19. The molecule has 0 aliphatic carbocycles. The number of nitrogens with one attached hydrogen (secondary N) is 1. The first kappa shape index (κ1) is 16.7. The van der Waals surface area contributed by atoms with E-state index in [1.807, 2.05) is 18.2 Å². The van der Waals surface area contributed by atoms with E-state index in [4.69, 9.17) is 11.6 Å². The average Bonchev–Trinajstić information content (AvgIpc) is 2.88. The molecule has 124 valence electrons. The summed E-state index contributed by atoms with van der Waals surface area (Å²) in [5.74, 6) is -0.370. The number of benzene rings is 2. The van der Waals surface area contributed by atoms with Crippen LogP contribution in [-0.4, -0.2) is 24.4 Å². The molecule has 1 aliphatic heterocycles. The summed E-state index contributed by atoms with van der Waals surface area (Å²) in [4.78, 5) is 25.9. The number of anilines is 1. The number of hydrogen-bond donors (Lipinski definition) is 1. The summed E-state index contributed by atoms with van der Waals surface area (Å²) >= 11 is 5.85. The SMILES string of the molecule is O=C1CC(NCCCc2ccccc2)C(=O)N1c1ccc(Cl)cc1. The zero-order valence-electron chi connectivity index (χ0n) is 13.2.